The molecule has 0 saturated carbocycles. The Morgan fingerprint density at radius 3 is 3.17 bits per heavy atom. The van der Waals surface area contributed by atoms with Crippen LogP contribution in [0.1, 0.15) is 35.5 Å². The van der Waals surface area contributed by atoms with Crippen LogP contribution in [0.3, 0.4) is 0 Å². The van der Waals surface area contributed by atoms with Crippen LogP contribution >= 0.6 is 11.3 Å². The van der Waals surface area contributed by atoms with Crippen molar-refractivity contribution in [3.8, 4) is 0 Å². The van der Waals surface area contributed by atoms with E-state index in [-0.39, 0.29) is 6.10 Å². The standard InChI is InChI=1S/C13H21N3OS/c1-9(2)16-5-6-17-11(8-16)13-15-10-3-4-14-7-12(10)18-13/h9,11,14H,3-8H2,1-2H3. The summed E-state index contributed by atoms with van der Waals surface area (Å²) in [6.07, 6.45) is 1.24. The molecule has 3 rings (SSSR count). The number of morpholine rings is 1. The number of rotatable bonds is 2. The van der Waals surface area contributed by atoms with E-state index in [1.54, 1.807) is 0 Å². The summed E-state index contributed by atoms with van der Waals surface area (Å²) in [5.74, 6) is 0. The Bertz CT molecular complexity index is 395. The van der Waals surface area contributed by atoms with E-state index in [4.69, 9.17) is 9.72 Å². The molecule has 18 heavy (non-hydrogen) atoms. The minimum atomic E-state index is 0.178. The lowest BCUT2D eigenvalue weighted by atomic mass is 10.2. The summed E-state index contributed by atoms with van der Waals surface area (Å²) in [5.41, 5.74) is 1.29. The number of nitrogens with zero attached hydrogens (tertiary/aromatic N) is 2. The van der Waals surface area contributed by atoms with Crippen molar-refractivity contribution >= 4 is 11.3 Å². The Morgan fingerprint density at radius 2 is 2.39 bits per heavy atom. The molecule has 5 heteroatoms. The molecular weight excluding hydrogens is 246 g/mol. The average Bonchev–Trinajstić information content (AvgIpc) is 2.82. The van der Waals surface area contributed by atoms with Gasteiger partial charge in [-0.1, -0.05) is 0 Å². The summed E-state index contributed by atoms with van der Waals surface area (Å²) in [4.78, 5) is 8.68. The fourth-order valence-corrected chi connectivity index (χ4v) is 3.69. The van der Waals surface area contributed by atoms with E-state index in [1.807, 2.05) is 11.3 Å². The van der Waals surface area contributed by atoms with Gasteiger partial charge in [0, 0.05) is 43.5 Å². The van der Waals surface area contributed by atoms with Gasteiger partial charge in [0.1, 0.15) is 11.1 Å². The molecule has 1 unspecified atom stereocenters. The molecule has 1 N–H and O–H groups in total. The van der Waals surface area contributed by atoms with E-state index < -0.39 is 0 Å². The zero-order valence-electron chi connectivity index (χ0n) is 11.1. The lowest BCUT2D eigenvalue weighted by Crippen LogP contribution is -2.42. The van der Waals surface area contributed by atoms with Crippen molar-refractivity contribution in [1.29, 1.82) is 0 Å². The van der Waals surface area contributed by atoms with Crippen LogP contribution in [-0.2, 0) is 17.7 Å². The van der Waals surface area contributed by atoms with Gasteiger partial charge in [0.15, 0.2) is 0 Å². The Kier molecular flexibility index (Phi) is 3.66. The molecule has 3 heterocycles. The van der Waals surface area contributed by atoms with Crippen molar-refractivity contribution in [2.75, 3.05) is 26.2 Å². The first kappa shape index (κ1) is 12.5. The number of hydrogen-bond donors (Lipinski definition) is 1. The second kappa shape index (κ2) is 5.25. The highest BCUT2D eigenvalue weighted by Crippen LogP contribution is 2.30. The molecular formula is C13H21N3OS. The largest absolute Gasteiger partial charge is 0.368 e. The molecule has 0 radical (unpaired) electrons. The SMILES string of the molecule is CC(C)N1CCOC(c2nc3c(s2)CNCC3)C1. The Morgan fingerprint density at radius 1 is 1.50 bits per heavy atom. The van der Waals surface area contributed by atoms with Crippen LogP contribution in [0.15, 0.2) is 0 Å². The van der Waals surface area contributed by atoms with Crippen LogP contribution in [0, 0.1) is 0 Å². The molecule has 4 nitrogen and oxygen atoms in total. The zero-order valence-corrected chi connectivity index (χ0v) is 11.9. The molecule has 2 aliphatic rings. The number of aromatic nitrogens is 1. The zero-order chi connectivity index (χ0) is 12.5. The third-order valence-corrected chi connectivity index (χ3v) is 4.91. The number of hydrogen-bond acceptors (Lipinski definition) is 5. The molecule has 1 fully saturated rings. The van der Waals surface area contributed by atoms with Crippen LogP contribution in [-0.4, -0.2) is 42.2 Å². The normalized spacial score (nSPS) is 25.4. The molecule has 0 bridgehead atoms. The fraction of sp³-hybridized carbons (Fsp3) is 0.769. The smallest absolute Gasteiger partial charge is 0.123 e. The fourth-order valence-electron chi connectivity index (χ4n) is 2.57. The molecule has 0 amide bonds. The maximum Gasteiger partial charge on any atom is 0.123 e. The number of fused-ring (bicyclic) bond motifs is 1. The monoisotopic (exact) mass is 267 g/mol. The van der Waals surface area contributed by atoms with E-state index in [0.717, 1.165) is 39.2 Å². The van der Waals surface area contributed by atoms with E-state index in [0.29, 0.717) is 6.04 Å². The third-order valence-electron chi connectivity index (χ3n) is 3.72. The van der Waals surface area contributed by atoms with Crippen molar-refractivity contribution in [1.82, 2.24) is 15.2 Å². The lowest BCUT2D eigenvalue weighted by Gasteiger charge is -2.34. The number of ether oxygens (including phenoxy) is 1. The first-order valence-electron chi connectivity index (χ1n) is 6.79. The van der Waals surface area contributed by atoms with Gasteiger partial charge in [0.25, 0.3) is 0 Å². The van der Waals surface area contributed by atoms with Crippen molar-refractivity contribution in [2.45, 2.75) is 39.0 Å². The second-order valence-electron chi connectivity index (χ2n) is 5.30. The molecule has 0 spiro atoms. The molecule has 1 atom stereocenters. The van der Waals surface area contributed by atoms with Crippen LogP contribution in [0.2, 0.25) is 0 Å². The van der Waals surface area contributed by atoms with Crippen LogP contribution in [0.25, 0.3) is 0 Å². The van der Waals surface area contributed by atoms with E-state index in [9.17, 15) is 0 Å². The van der Waals surface area contributed by atoms with E-state index in [1.165, 1.54) is 15.6 Å². The topological polar surface area (TPSA) is 37.4 Å². The second-order valence-corrected chi connectivity index (χ2v) is 6.41. The third kappa shape index (κ3) is 2.45. The summed E-state index contributed by atoms with van der Waals surface area (Å²) in [5, 5.41) is 4.58. The summed E-state index contributed by atoms with van der Waals surface area (Å²) < 4.78 is 5.91. The lowest BCUT2D eigenvalue weighted by molar-refractivity contribution is -0.0403. The maximum absolute atomic E-state index is 5.91. The Hall–Kier alpha value is -0.490. The van der Waals surface area contributed by atoms with Crippen LogP contribution in [0.5, 0.6) is 0 Å². The molecule has 1 aromatic heterocycles. The van der Waals surface area contributed by atoms with Gasteiger partial charge in [-0.15, -0.1) is 11.3 Å². The minimum Gasteiger partial charge on any atom is -0.368 e. The van der Waals surface area contributed by atoms with E-state index in [2.05, 4.69) is 24.1 Å². The summed E-state index contributed by atoms with van der Waals surface area (Å²) in [7, 11) is 0. The molecule has 100 valence electrons. The summed E-state index contributed by atoms with van der Waals surface area (Å²) in [6.45, 7) is 9.38. The molecule has 1 saturated heterocycles. The molecule has 1 aromatic rings. The molecule has 0 aromatic carbocycles. The van der Waals surface area contributed by atoms with E-state index >= 15 is 0 Å². The number of thiazole rings is 1. The van der Waals surface area contributed by atoms with Gasteiger partial charge in [-0.05, 0) is 13.8 Å². The molecule has 0 aliphatic carbocycles. The van der Waals surface area contributed by atoms with Gasteiger partial charge in [-0.25, -0.2) is 4.98 Å². The minimum absolute atomic E-state index is 0.178. The predicted molar refractivity (Wildman–Crippen MR) is 72.9 cm³/mol. The first-order chi connectivity index (χ1) is 8.74. The highest BCUT2D eigenvalue weighted by molar-refractivity contribution is 7.11. The Labute approximate surface area is 112 Å². The van der Waals surface area contributed by atoms with Gasteiger partial charge in [0.05, 0.1) is 12.3 Å². The number of nitrogens with one attached hydrogen (secondary N) is 1. The van der Waals surface area contributed by atoms with Gasteiger partial charge in [-0.2, -0.15) is 0 Å². The van der Waals surface area contributed by atoms with Gasteiger partial charge in [0.2, 0.25) is 0 Å². The van der Waals surface area contributed by atoms with Gasteiger partial charge in [-0.3, -0.25) is 4.90 Å². The quantitative estimate of drug-likeness (QED) is 0.882. The Balaban J connectivity index is 1.75. The van der Waals surface area contributed by atoms with Crippen molar-refractivity contribution < 1.29 is 4.74 Å². The highest BCUT2D eigenvalue weighted by atomic mass is 32.1. The average molecular weight is 267 g/mol. The van der Waals surface area contributed by atoms with Crippen molar-refractivity contribution in [3.05, 3.63) is 15.6 Å². The predicted octanol–water partition coefficient (Wildman–Crippen LogP) is 1.57. The van der Waals surface area contributed by atoms with Crippen LogP contribution < -0.4 is 5.32 Å². The van der Waals surface area contributed by atoms with Crippen LogP contribution in [0.4, 0.5) is 0 Å². The van der Waals surface area contributed by atoms with Gasteiger partial charge >= 0.3 is 0 Å². The van der Waals surface area contributed by atoms with Crippen molar-refractivity contribution in [2.24, 2.45) is 0 Å². The maximum atomic E-state index is 5.91. The van der Waals surface area contributed by atoms with Crippen molar-refractivity contribution in [3.63, 3.8) is 0 Å². The highest BCUT2D eigenvalue weighted by Gasteiger charge is 2.27. The summed E-state index contributed by atoms with van der Waals surface area (Å²) in [6, 6.07) is 0.590. The van der Waals surface area contributed by atoms with Gasteiger partial charge < -0.3 is 10.1 Å². The molecule has 2 aliphatic heterocycles. The first-order valence-corrected chi connectivity index (χ1v) is 7.60. The summed E-state index contributed by atoms with van der Waals surface area (Å²) >= 11 is 1.83.